The molecule has 0 saturated carbocycles. The Hall–Kier alpha value is -6.66. The highest BCUT2D eigenvalue weighted by atomic mass is 16.3. The molecule has 3 aliphatic heterocycles. The van der Waals surface area contributed by atoms with E-state index in [9.17, 15) is 21.9 Å². The number of rotatable bonds is 1. The highest BCUT2D eigenvalue weighted by Gasteiger charge is 2.49. The number of aromatic nitrogens is 1. The van der Waals surface area contributed by atoms with E-state index in [1.54, 1.807) is 41.5 Å². The van der Waals surface area contributed by atoms with Crippen LogP contribution in [0.15, 0.2) is 142 Å². The molecule has 0 N–H and O–H groups in total. The summed E-state index contributed by atoms with van der Waals surface area (Å²) in [6, 6.07) is -13.7. The van der Waals surface area contributed by atoms with Gasteiger partial charge in [-0.05, 0) is 99.3 Å². The molecule has 3 aliphatic rings. The summed E-state index contributed by atoms with van der Waals surface area (Å²) in [4.78, 5) is 2.51. The predicted molar refractivity (Wildman–Crippen MR) is 243 cm³/mol. The van der Waals surface area contributed by atoms with Crippen LogP contribution in [0.4, 0.5) is 34.1 Å². The molecule has 6 heteroatoms. The molecule has 0 spiro atoms. The number of anilines is 6. The minimum Gasteiger partial charge on any atom is -0.468 e. The van der Waals surface area contributed by atoms with Crippen LogP contribution in [0.25, 0.3) is 60.4 Å². The van der Waals surface area contributed by atoms with Crippen molar-refractivity contribution in [2.45, 2.75) is 52.4 Å². The largest absolute Gasteiger partial charge is 0.468 e. The van der Waals surface area contributed by atoms with Crippen molar-refractivity contribution < 1.29 is 39.0 Å². The Morgan fingerprint density at radius 3 is 2.00 bits per heavy atom. The zero-order valence-electron chi connectivity index (χ0n) is 53.7. The lowest BCUT2D eigenvalue weighted by atomic mass is 9.35. The van der Waals surface area contributed by atoms with Gasteiger partial charge in [0.2, 0.25) is 0 Å². The number of furan rings is 2. The third-order valence-electron chi connectivity index (χ3n) is 11.3. The third kappa shape index (κ3) is 4.02. The highest BCUT2D eigenvalue weighted by molar-refractivity contribution is 7.00. The van der Waals surface area contributed by atoms with Gasteiger partial charge in [0.25, 0.3) is 6.71 Å². The molecule has 0 aliphatic carbocycles. The summed E-state index contributed by atoms with van der Waals surface area (Å²) in [7, 11) is 0. The van der Waals surface area contributed by atoms with Gasteiger partial charge in [-0.3, -0.25) is 0 Å². The van der Waals surface area contributed by atoms with Crippen LogP contribution >= 0.6 is 0 Å². The van der Waals surface area contributed by atoms with Crippen molar-refractivity contribution in [3.05, 3.63) is 144 Å². The second-order valence-corrected chi connectivity index (χ2v) is 16.8. The lowest BCUT2D eigenvalue weighted by Gasteiger charge is -2.45. The van der Waals surface area contributed by atoms with Crippen molar-refractivity contribution in [1.82, 2.24) is 4.57 Å². The number of hydrogen-bond donors (Lipinski definition) is 0. The van der Waals surface area contributed by atoms with Crippen LogP contribution in [-0.2, 0) is 10.8 Å². The normalized spacial score (nSPS) is 19.6. The molecule has 13 rings (SSSR count). The molecule has 6 heterocycles. The fourth-order valence-electron chi connectivity index (χ4n) is 8.65. The van der Waals surface area contributed by atoms with E-state index in [1.165, 1.54) is 14.4 Å². The van der Waals surface area contributed by atoms with Gasteiger partial charge in [-0.1, -0.05) is 108 Å². The highest BCUT2D eigenvalue weighted by Crippen LogP contribution is 2.54. The minimum atomic E-state index is -1.65. The average Bonchev–Trinajstić information content (AvgIpc) is 3.66. The molecule has 58 heavy (non-hydrogen) atoms. The molecule has 5 nitrogen and oxygen atoms in total. The van der Waals surface area contributed by atoms with E-state index in [0.29, 0.717) is 0 Å². The van der Waals surface area contributed by atoms with E-state index in [-0.39, 0.29) is 111 Å². The second kappa shape index (κ2) is 10.6. The molecule has 0 fully saturated rings. The van der Waals surface area contributed by atoms with Gasteiger partial charge in [-0.25, -0.2) is 0 Å². The smallest absolute Gasteiger partial charge is 0.297 e. The molecule has 0 saturated heterocycles. The molecule has 0 amide bonds. The van der Waals surface area contributed by atoms with Crippen LogP contribution in [0.3, 0.4) is 0 Å². The second-order valence-electron chi connectivity index (χ2n) is 16.8. The zero-order chi connectivity index (χ0) is 58.1. The molecule has 0 unspecified atom stereocenters. The molecule has 0 bridgehead atoms. The first-order chi connectivity index (χ1) is 37.2. The number of para-hydroxylation sites is 4. The molecule has 7 aromatic carbocycles. The maximum absolute atomic E-state index is 10.5. The van der Waals surface area contributed by atoms with Crippen molar-refractivity contribution >= 4 is 112 Å². The molecular formula is C52H40BN3O2. The van der Waals surface area contributed by atoms with Crippen molar-refractivity contribution in [2.75, 3.05) is 9.80 Å². The SMILES string of the molecule is [2H]c1c([2H])c2c3c(c1[2H])-n1c4c([2H])c([2H])c([2H])c([2H])c4c4c([2H])c([2H])c([2H])c(c41)N3c1c([2H])c(C(C)(C)C)c([2H])c3c1B2c1oc2c([2H])c([2H])c(C(C)(C)C)c([2H])c2c1N3c1c([2H])c([2H])c2oc3c([2H])c([2H])c([2H])c([2H])c3c2c1[2H]. The quantitative estimate of drug-likeness (QED) is 0.156. The van der Waals surface area contributed by atoms with Gasteiger partial charge in [0.05, 0.1) is 69.6 Å². The Balaban J connectivity index is 1.34. The number of benzene rings is 7. The Labute approximate surface area is 367 Å². The molecule has 3 aromatic heterocycles. The summed E-state index contributed by atoms with van der Waals surface area (Å²) in [5.74, 6) is 0. The minimum absolute atomic E-state index is 0.0357. The summed E-state index contributed by atoms with van der Waals surface area (Å²) in [6.07, 6.45) is 0. The van der Waals surface area contributed by atoms with Gasteiger partial charge in [-0.2, -0.15) is 0 Å². The molecule has 10 aromatic rings. The monoisotopic (exact) mass is 771 g/mol. The first-order valence-electron chi connectivity index (χ1n) is 29.7. The lowest BCUT2D eigenvalue weighted by Crippen LogP contribution is -2.61. The van der Waals surface area contributed by atoms with Crippen LogP contribution in [0.1, 0.15) is 82.8 Å². The van der Waals surface area contributed by atoms with Gasteiger partial charge in [0.1, 0.15) is 16.7 Å². The predicted octanol–water partition coefficient (Wildman–Crippen LogP) is 12.4. The van der Waals surface area contributed by atoms with Crippen molar-refractivity contribution in [3.8, 4) is 5.69 Å². The van der Waals surface area contributed by atoms with Crippen LogP contribution in [0.2, 0.25) is 0 Å². The average molecular weight is 772 g/mol. The number of fused-ring (bicyclic) bond motifs is 14. The third-order valence-corrected chi connectivity index (χ3v) is 11.3. The van der Waals surface area contributed by atoms with E-state index >= 15 is 0 Å². The summed E-state index contributed by atoms with van der Waals surface area (Å²) in [5, 5.41) is -1.35. The van der Waals surface area contributed by atoms with Crippen molar-refractivity contribution in [3.63, 3.8) is 0 Å². The zero-order valence-corrected chi connectivity index (χ0v) is 31.7. The van der Waals surface area contributed by atoms with Gasteiger partial charge in [0.15, 0.2) is 0 Å². The van der Waals surface area contributed by atoms with E-state index < -0.39 is 161 Å². The van der Waals surface area contributed by atoms with E-state index in [2.05, 4.69) is 0 Å². The Bertz CT molecular complexity index is 4740. The topological polar surface area (TPSA) is 37.7 Å². The maximum Gasteiger partial charge on any atom is 0.297 e. The summed E-state index contributed by atoms with van der Waals surface area (Å²) in [6.45, 7) is 8.61. The van der Waals surface area contributed by atoms with Crippen molar-refractivity contribution in [2.24, 2.45) is 0 Å². The van der Waals surface area contributed by atoms with Gasteiger partial charge < -0.3 is 23.2 Å². The summed E-state index contributed by atoms with van der Waals surface area (Å²) >= 11 is 0. The first-order valence-corrected chi connectivity index (χ1v) is 18.7. The Morgan fingerprint density at radius 2 is 1.17 bits per heavy atom. The number of hydrogen-bond acceptors (Lipinski definition) is 4. The summed E-state index contributed by atoms with van der Waals surface area (Å²) < 4.78 is 223. The molecular weight excluding hydrogens is 709 g/mol. The van der Waals surface area contributed by atoms with Crippen LogP contribution < -0.4 is 26.4 Å². The van der Waals surface area contributed by atoms with Crippen LogP contribution in [-0.4, -0.2) is 11.3 Å². The van der Waals surface area contributed by atoms with Crippen molar-refractivity contribution in [1.29, 1.82) is 0 Å². The van der Waals surface area contributed by atoms with E-state index in [4.69, 9.17) is 17.1 Å². The van der Waals surface area contributed by atoms with Gasteiger partial charge >= 0.3 is 0 Å². The van der Waals surface area contributed by atoms with E-state index in [0.717, 1.165) is 0 Å². The molecule has 0 atom stereocenters. The van der Waals surface area contributed by atoms with Crippen LogP contribution in [0.5, 0.6) is 0 Å². The fraction of sp³-hybridized carbons (Fsp3) is 0.154. The van der Waals surface area contributed by atoms with E-state index in [1.807, 2.05) is 0 Å². The first kappa shape index (κ1) is 17.9. The standard InChI is InChI=1S/C52H40BN3O2/c1-51(2,3)29-21-23-45-36(25-29)48-50(58-45)53-37-16-12-19-40-49(37)56(39-18-11-15-34-32-13-7-9-17-38(32)55(40)47(34)39)42-27-30(52(4,5)6)26-41(46(42)53)54(48)31-22-24-44-35(28-31)33-14-8-10-20-43(33)57-44/h7-28H,1-6H3/i7D,8D,9D,10D,11D,12D,13D,14D,15D,16D,17D,18D,19D,20D,21D,22D,23D,24D,25D,26D,27D,28D. The maximum atomic E-state index is 10.5. The van der Waals surface area contributed by atoms with Crippen LogP contribution in [0, 0.1) is 0 Å². The fourth-order valence-corrected chi connectivity index (χ4v) is 8.65. The summed E-state index contributed by atoms with van der Waals surface area (Å²) in [5.41, 5.74) is -6.68. The lowest BCUT2D eigenvalue weighted by molar-refractivity contribution is 0.590. The molecule has 278 valence electrons. The van der Waals surface area contributed by atoms with Gasteiger partial charge in [0, 0.05) is 44.0 Å². The van der Waals surface area contributed by atoms with Gasteiger partial charge in [-0.15, -0.1) is 0 Å². The Morgan fingerprint density at radius 1 is 0.500 bits per heavy atom. The Kier molecular flexibility index (Phi) is 3.28. The molecule has 0 radical (unpaired) electrons. The number of nitrogens with zero attached hydrogens (tertiary/aromatic N) is 3.